The summed E-state index contributed by atoms with van der Waals surface area (Å²) in [6.45, 7) is 11.7. The molecule has 19 heavy (non-hydrogen) atoms. The summed E-state index contributed by atoms with van der Waals surface area (Å²) in [5.74, 6) is 0.807. The lowest BCUT2D eigenvalue weighted by molar-refractivity contribution is 0.101. The first-order chi connectivity index (χ1) is 8.68. The van der Waals surface area contributed by atoms with Crippen molar-refractivity contribution < 1.29 is 5.11 Å². The molecule has 0 amide bonds. The van der Waals surface area contributed by atoms with Gasteiger partial charge in [-0.25, -0.2) is 0 Å². The molecule has 0 spiro atoms. The van der Waals surface area contributed by atoms with Gasteiger partial charge in [-0.3, -0.25) is 0 Å². The third kappa shape index (κ3) is 5.05. The van der Waals surface area contributed by atoms with E-state index in [-0.39, 0.29) is 11.6 Å². The summed E-state index contributed by atoms with van der Waals surface area (Å²) in [6, 6.07) is 0.328. The van der Waals surface area contributed by atoms with Gasteiger partial charge in [0, 0.05) is 18.1 Å². The van der Waals surface area contributed by atoms with Gasteiger partial charge in [-0.05, 0) is 57.3 Å². The lowest BCUT2D eigenvalue weighted by Crippen LogP contribution is -2.57. The molecule has 1 aliphatic rings. The molecule has 1 fully saturated rings. The van der Waals surface area contributed by atoms with Gasteiger partial charge in [0.1, 0.15) is 0 Å². The minimum atomic E-state index is -0.247. The Kier molecular flexibility index (Phi) is 5.84. The zero-order valence-electron chi connectivity index (χ0n) is 13.5. The summed E-state index contributed by atoms with van der Waals surface area (Å²) in [6.07, 6.45) is 5.39. The fraction of sp³-hybridized carbons (Fsp3) is 1.00. The Labute approximate surface area is 119 Å². The molecule has 2 unspecified atom stereocenters. The first-order valence-corrected chi connectivity index (χ1v) is 7.84. The van der Waals surface area contributed by atoms with Gasteiger partial charge in [0.2, 0.25) is 0 Å². The molecular formula is C16H34N2O. The van der Waals surface area contributed by atoms with Gasteiger partial charge in [0.15, 0.2) is 0 Å². The Morgan fingerprint density at radius 2 is 1.79 bits per heavy atom. The summed E-state index contributed by atoms with van der Waals surface area (Å²) < 4.78 is 0. The van der Waals surface area contributed by atoms with Crippen molar-refractivity contribution in [1.29, 1.82) is 0 Å². The summed E-state index contributed by atoms with van der Waals surface area (Å²) >= 11 is 0. The average molecular weight is 270 g/mol. The molecular weight excluding hydrogens is 236 g/mol. The maximum atomic E-state index is 9.49. The second-order valence-electron chi connectivity index (χ2n) is 7.75. The van der Waals surface area contributed by atoms with E-state index in [1.54, 1.807) is 0 Å². The number of nitrogens with one attached hydrogen (secondary N) is 1. The Morgan fingerprint density at radius 1 is 1.26 bits per heavy atom. The van der Waals surface area contributed by atoms with Crippen molar-refractivity contribution >= 4 is 0 Å². The van der Waals surface area contributed by atoms with E-state index < -0.39 is 0 Å². The summed E-state index contributed by atoms with van der Waals surface area (Å²) in [7, 11) is 0. The number of nitrogens with two attached hydrogens (primary N) is 1. The number of rotatable bonds is 5. The van der Waals surface area contributed by atoms with Crippen molar-refractivity contribution in [3.05, 3.63) is 0 Å². The van der Waals surface area contributed by atoms with E-state index in [9.17, 15) is 5.11 Å². The van der Waals surface area contributed by atoms with Crippen LogP contribution in [0.25, 0.3) is 0 Å². The molecule has 1 rings (SSSR count). The molecule has 0 radical (unpaired) electrons. The molecule has 0 aromatic heterocycles. The number of aliphatic hydroxyl groups is 1. The first-order valence-electron chi connectivity index (χ1n) is 7.84. The van der Waals surface area contributed by atoms with Crippen molar-refractivity contribution in [2.24, 2.45) is 17.1 Å². The predicted molar refractivity (Wildman–Crippen MR) is 82.1 cm³/mol. The monoisotopic (exact) mass is 270 g/mol. The van der Waals surface area contributed by atoms with Gasteiger partial charge in [-0.15, -0.1) is 0 Å². The predicted octanol–water partition coefficient (Wildman–Crippen LogP) is 2.67. The molecule has 0 heterocycles. The van der Waals surface area contributed by atoms with Crippen molar-refractivity contribution in [2.45, 2.75) is 84.4 Å². The molecule has 2 atom stereocenters. The van der Waals surface area contributed by atoms with Crippen LogP contribution in [0, 0.1) is 11.3 Å². The van der Waals surface area contributed by atoms with Crippen LogP contribution in [0.5, 0.6) is 0 Å². The largest absolute Gasteiger partial charge is 0.393 e. The second-order valence-corrected chi connectivity index (χ2v) is 7.75. The normalized spacial score (nSPS) is 32.1. The number of hydrogen-bond donors (Lipinski definition) is 3. The molecule has 0 aromatic rings. The Morgan fingerprint density at radius 3 is 2.16 bits per heavy atom. The fourth-order valence-electron chi connectivity index (χ4n) is 3.54. The first kappa shape index (κ1) is 16.9. The molecule has 4 N–H and O–H groups in total. The molecule has 0 aromatic carbocycles. The Bertz CT molecular complexity index is 262. The van der Waals surface area contributed by atoms with Crippen molar-refractivity contribution in [1.82, 2.24) is 5.32 Å². The van der Waals surface area contributed by atoms with Crippen LogP contribution in [0.15, 0.2) is 0 Å². The standard InChI is InChI=1S/C16H34N2O/c1-12(10-13(2)19)18-16(11-17)8-6-14(7-9-16)15(3,4)5/h12-14,18-19H,6-11,17H2,1-5H3. The zero-order valence-corrected chi connectivity index (χ0v) is 13.5. The highest BCUT2D eigenvalue weighted by atomic mass is 16.3. The maximum absolute atomic E-state index is 9.49. The molecule has 3 nitrogen and oxygen atoms in total. The summed E-state index contributed by atoms with van der Waals surface area (Å²) in [5.41, 5.74) is 6.55. The Balaban J connectivity index is 2.55. The van der Waals surface area contributed by atoms with Crippen molar-refractivity contribution in [2.75, 3.05) is 6.54 Å². The highest BCUT2D eigenvalue weighted by molar-refractivity contribution is 4.97. The van der Waals surface area contributed by atoms with Crippen LogP contribution >= 0.6 is 0 Å². The van der Waals surface area contributed by atoms with E-state index in [0.717, 1.165) is 25.2 Å². The minimum absolute atomic E-state index is 0.0933. The SMILES string of the molecule is CC(O)CC(C)NC1(CN)CCC(C(C)(C)C)CC1. The highest BCUT2D eigenvalue weighted by Gasteiger charge is 2.38. The number of aliphatic hydroxyl groups excluding tert-OH is 1. The van der Waals surface area contributed by atoms with E-state index in [4.69, 9.17) is 5.73 Å². The van der Waals surface area contributed by atoms with Gasteiger partial charge in [-0.2, -0.15) is 0 Å². The van der Waals surface area contributed by atoms with E-state index in [2.05, 4.69) is 33.0 Å². The van der Waals surface area contributed by atoms with E-state index in [0.29, 0.717) is 18.0 Å². The molecule has 0 bridgehead atoms. The third-order valence-corrected chi connectivity index (χ3v) is 4.81. The van der Waals surface area contributed by atoms with Crippen molar-refractivity contribution in [3.8, 4) is 0 Å². The smallest absolute Gasteiger partial charge is 0.0526 e. The second kappa shape index (κ2) is 6.55. The number of hydrogen-bond acceptors (Lipinski definition) is 3. The van der Waals surface area contributed by atoms with Crippen LogP contribution in [0.2, 0.25) is 0 Å². The van der Waals surface area contributed by atoms with Gasteiger partial charge < -0.3 is 16.2 Å². The van der Waals surface area contributed by atoms with Crippen molar-refractivity contribution in [3.63, 3.8) is 0 Å². The lowest BCUT2D eigenvalue weighted by Gasteiger charge is -2.45. The average Bonchev–Trinajstić information content (AvgIpc) is 2.27. The van der Waals surface area contributed by atoms with Crippen LogP contribution in [0.4, 0.5) is 0 Å². The summed E-state index contributed by atoms with van der Waals surface area (Å²) in [4.78, 5) is 0. The minimum Gasteiger partial charge on any atom is -0.393 e. The van der Waals surface area contributed by atoms with Gasteiger partial charge in [0.25, 0.3) is 0 Å². The van der Waals surface area contributed by atoms with Crippen LogP contribution in [-0.4, -0.2) is 29.3 Å². The van der Waals surface area contributed by atoms with E-state index >= 15 is 0 Å². The molecule has 1 saturated carbocycles. The quantitative estimate of drug-likeness (QED) is 0.720. The molecule has 114 valence electrons. The van der Waals surface area contributed by atoms with Crippen LogP contribution < -0.4 is 11.1 Å². The van der Waals surface area contributed by atoms with E-state index in [1.807, 2.05) is 6.92 Å². The zero-order chi connectivity index (χ0) is 14.7. The van der Waals surface area contributed by atoms with Gasteiger partial charge >= 0.3 is 0 Å². The molecule has 3 heteroatoms. The Hall–Kier alpha value is -0.120. The molecule has 0 saturated heterocycles. The van der Waals surface area contributed by atoms with Crippen LogP contribution in [0.1, 0.15) is 66.7 Å². The van der Waals surface area contributed by atoms with E-state index in [1.165, 1.54) is 12.8 Å². The molecule has 1 aliphatic carbocycles. The lowest BCUT2D eigenvalue weighted by atomic mass is 9.67. The summed E-state index contributed by atoms with van der Waals surface area (Å²) in [5, 5.41) is 13.2. The highest BCUT2D eigenvalue weighted by Crippen LogP contribution is 2.41. The van der Waals surface area contributed by atoms with Crippen LogP contribution in [0.3, 0.4) is 0 Å². The van der Waals surface area contributed by atoms with Gasteiger partial charge in [-0.1, -0.05) is 20.8 Å². The van der Waals surface area contributed by atoms with Crippen LogP contribution in [-0.2, 0) is 0 Å². The maximum Gasteiger partial charge on any atom is 0.0526 e. The topological polar surface area (TPSA) is 58.3 Å². The third-order valence-electron chi connectivity index (χ3n) is 4.81. The molecule has 0 aliphatic heterocycles. The van der Waals surface area contributed by atoms with Gasteiger partial charge in [0.05, 0.1) is 6.10 Å². The fourth-order valence-corrected chi connectivity index (χ4v) is 3.54.